The number of hydrogen-bond donors (Lipinski definition) is 0. The fraction of sp³-hybridized carbons (Fsp3) is 0.357. The Balaban J connectivity index is 2.04. The van der Waals surface area contributed by atoms with Gasteiger partial charge in [0.1, 0.15) is 5.58 Å². The molecule has 0 aliphatic heterocycles. The Hall–Kier alpha value is -1.61. The lowest BCUT2D eigenvalue weighted by Gasteiger charge is -2.05. The lowest BCUT2D eigenvalue weighted by atomic mass is 10.2. The second kappa shape index (κ2) is 5.15. The van der Waals surface area contributed by atoms with E-state index in [1.807, 2.05) is 38.1 Å². The van der Waals surface area contributed by atoms with Gasteiger partial charge in [-0.2, -0.15) is 0 Å². The van der Waals surface area contributed by atoms with Gasteiger partial charge in [0.05, 0.1) is 12.7 Å². The number of fused-ring (bicyclic) bond motifs is 1. The third kappa shape index (κ3) is 2.94. The van der Waals surface area contributed by atoms with Crippen molar-refractivity contribution in [3.63, 3.8) is 0 Å². The summed E-state index contributed by atoms with van der Waals surface area (Å²) in [6.07, 6.45) is 0.510. The first-order chi connectivity index (χ1) is 8.16. The van der Waals surface area contributed by atoms with Crippen LogP contribution in [0.3, 0.4) is 0 Å². The molecule has 0 atom stereocenters. The van der Waals surface area contributed by atoms with Gasteiger partial charge in [-0.1, -0.05) is 18.2 Å². The molecule has 0 radical (unpaired) electrons. The molecular weight excluding hydrogens is 216 g/mol. The highest BCUT2D eigenvalue weighted by atomic mass is 16.5. The monoisotopic (exact) mass is 232 g/mol. The second-order valence-corrected chi connectivity index (χ2v) is 4.24. The van der Waals surface area contributed by atoms with Gasteiger partial charge in [0.15, 0.2) is 11.5 Å². The smallest absolute Gasteiger partial charge is 0.200 e. The van der Waals surface area contributed by atoms with Crippen LogP contribution in [-0.4, -0.2) is 18.5 Å². The predicted octanol–water partition coefficient (Wildman–Crippen LogP) is 3.43. The number of hydrogen-bond acceptors (Lipinski definition) is 3. The fourth-order valence-electron chi connectivity index (χ4n) is 1.63. The molecule has 0 unspecified atom stereocenters. The predicted molar refractivity (Wildman–Crippen MR) is 66.2 cm³/mol. The molecule has 3 heteroatoms. The Labute approximate surface area is 100 Å². The van der Waals surface area contributed by atoms with Gasteiger partial charge in [-0.3, -0.25) is 4.79 Å². The molecule has 2 rings (SSSR count). The summed E-state index contributed by atoms with van der Waals surface area (Å²) in [7, 11) is 0. The van der Waals surface area contributed by atoms with E-state index >= 15 is 0 Å². The number of benzene rings is 1. The zero-order valence-corrected chi connectivity index (χ0v) is 10.1. The zero-order chi connectivity index (χ0) is 12.3. The number of rotatable bonds is 5. The number of furan rings is 1. The Morgan fingerprint density at radius 3 is 2.82 bits per heavy atom. The Kier molecular flexibility index (Phi) is 3.59. The Morgan fingerprint density at radius 1 is 1.35 bits per heavy atom. The number of ether oxygens (including phenoxy) is 1. The quantitative estimate of drug-likeness (QED) is 0.741. The molecule has 1 aromatic carbocycles. The van der Waals surface area contributed by atoms with Crippen LogP contribution < -0.4 is 0 Å². The number of carbonyl (C=O) groups is 1. The van der Waals surface area contributed by atoms with Gasteiger partial charge in [0, 0.05) is 11.8 Å². The molecular formula is C14H16O3. The van der Waals surface area contributed by atoms with Crippen molar-refractivity contribution >= 4 is 16.8 Å². The molecule has 0 fully saturated rings. The van der Waals surface area contributed by atoms with E-state index in [-0.39, 0.29) is 11.9 Å². The summed E-state index contributed by atoms with van der Waals surface area (Å²) < 4.78 is 10.8. The van der Waals surface area contributed by atoms with Crippen molar-refractivity contribution in [1.82, 2.24) is 0 Å². The minimum atomic E-state index is -0.0122. The maximum atomic E-state index is 11.8. The molecule has 1 aromatic heterocycles. The molecule has 2 aromatic rings. The van der Waals surface area contributed by atoms with Crippen molar-refractivity contribution < 1.29 is 13.9 Å². The van der Waals surface area contributed by atoms with Crippen LogP contribution in [0.15, 0.2) is 34.7 Å². The SMILES string of the molecule is CC(C)OCCC(=O)c1cc2ccccc2o1. The van der Waals surface area contributed by atoms with Crippen molar-refractivity contribution in [3.05, 3.63) is 36.1 Å². The van der Waals surface area contributed by atoms with Crippen LogP contribution >= 0.6 is 0 Å². The van der Waals surface area contributed by atoms with E-state index in [2.05, 4.69) is 0 Å². The molecule has 0 amide bonds. The molecule has 0 spiro atoms. The van der Waals surface area contributed by atoms with Crippen LogP contribution in [-0.2, 0) is 4.74 Å². The van der Waals surface area contributed by atoms with Crippen LogP contribution in [0.4, 0.5) is 0 Å². The number of para-hydroxylation sites is 1. The molecule has 0 bridgehead atoms. The van der Waals surface area contributed by atoms with Crippen LogP contribution in [0.5, 0.6) is 0 Å². The van der Waals surface area contributed by atoms with Crippen molar-refractivity contribution in [2.24, 2.45) is 0 Å². The highest BCUT2D eigenvalue weighted by Gasteiger charge is 2.11. The molecule has 17 heavy (non-hydrogen) atoms. The van der Waals surface area contributed by atoms with Crippen LogP contribution in [0.1, 0.15) is 30.8 Å². The van der Waals surface area contributed by atoms with E-state index in [0.29, 0.717) is 18.8 Å². The third-order valence-electron chi connectivity index (χ3n) is 2.48. The summed E-state index contributed by atoms with van der Waals surface area (Å²) in [6, 6.07) is 9.39. The summed E-state index contributed by atoms with van der Waals surface area (Å²) in [5, 5.41) is 0.959. The Bertz CT molecular complexity index is 478. The summed E-state index contributed by atoms with van der Waals surface area (Å²) in [4.78, 5) is 11.8. The maximum Gasteiger partial charge on any atom is 0.200 e. The largest absolute Gasteiger partial charge is 0.453 e. The van der Waals surface area contributed by atoms with E-state index in [4.69, 9.17) is 9.15 Å². The third-order valence-corrected chi connectivity index (χ3v) is 2.48. The van der Waals surface area contributed by atoms with E-state index in [1.165, 1.54) is 0 Å². The van der Waals surface area contributed by atoms with E-state index in [1.54, 1.807) is 6.07 Å². The first kappa shape index (κ1) is 11.9. The highest BCUT2D eigenvalue weighted by Crippen LogP contribution is 2.19. The van der Waals surface area contributed by atoms with Gasteiger partial charge in [-0.25, -0.2) is 0 Å². The fourth-order valence-corrected chi connectivity index (χ4v) is 1.63. The van der Waals surface area contributed by atoms with Gasteiger partial charge in [-0.15, -0.1) is 0 Å². The Morgan fingerprint density at radius 2 is 2.12 bits per heavy atom. The van der Waals surface area contributed by atoms with Gasteiger partial charge in [-0.05, 0) is 26.0 Å². The van der Waals surface area contributed by atoms with Crippen LogP contribution in [0.25, 0.3) is 11.0 Å². The first-order valence-electron chi connectivity index (χ1n) is 5.80. The number of Topliss-reactive ketones (excluding diaryl/α,β-unsaturated/α-hetero) is 1. The molecule has 0 saturated heterocycles. The van der Waals surface area contributed by atoms with Crippen LogP contribution in [0, 0.1) is 0 Å². The topological polar surface area (TPSA) is 39.4 Å². The van der Waals surface area contributed by atoms with Crippen molar-refractivity contribution in [3.8, 4) is 0 Å². The number of ketones is 1. The molecule has 0 aliphatic carbocycles. The van der Waals surface area contributed by atoms with E-state index in [0.717, 1.165) is 11.0 Å². The summed E-state index contributed by atoms with van der Waals surface area (Å²) in [5.74, 6) is 0.403. The van der Waals surface area contributed by atoms with Crippen molar-refractivity contribution in [2.45, 2.75) is 26.4 Å². The molecule has 0 saturated carbocycles. The maximum absolute atomic E-state index is 11.8. The average molecular weight is 232 g/mol. The molecule has 0 N–H and O–H groups in total. The summed E-state index contributed by atoms with van der Waals surface area (Å²) in [6.45, 7) is 4.34. The highest BCUT2D eigenvalue weighted by molar-refractivity contribution is 5.97. The average Bonchev–Trinajstić information content (AvgIpc) is 2.71. The lowest BCUT2D eigenvalue weighted by molar-refractivity contribution is 0.0665. The minimum absolute atomic E-state index is 0.0122. The van der Waals surface area contributed by atoms with Gasteiger partial charge >= 0.3 is 0 Å². The van der Waals surface area contributed by atoms with E-state index < -0.39 is 0 Å². The zero-order valence-electron chi connectivity index (χ0n) is 10.1. The van der Waals surface area contributed by atoms with Gasteiger partial charge in [0.2, 0.25) is 0 Å². The van der Waals surface area contributed by atoms with Crippen molar-refractivity contribution in [1.29, 1.82) is 0 Å². The first-order valence-corrected chi connectivity index (χ1v) is 5.80. The van der Waals surface area contributed by atoms with Gasteiger partial charge in [0.25, 0.3) is 0 Å². The molecule has 0 aliphatic rings. The van der Waals surface area contributed by atoms with Crippen molar-refractivity contribution in [2.75, 3.05) is 6.61 Å². The normalized spacial score (nSPS) is 11.2. The number of carbonyl (C=O) groups excluding carboxylic acids is 1. The van der Waals surface area contributed by atoms with Crippen LogP contribution in [0.2, 0.25) is 0 Å². The summed E-state index contributed by atoms with van der Waals surface area (Å²) >= 11 is 0. The standard InChI is InChI=1S/C14H16O3/c1-10(2)16-8-7-12(15)14-9-11-5-3-4-6-13(11)17-14/h3-6,9-10H,7-8H2,1-2H3. The molecule has 1 heterocycles. The lowest BCUT2D eigenvalue weighted by Crippen LogP contribution is -2.08. The molecule has 90 valence electrons. The van der Waals surface area contributed by atoms with E-state index in [9.17, 15) is 4.79 Å². The van der Waals surface area contributed by atoms with Gasteiger partial charge < -0.3 is 9.15 Å². The molecule has 3 nitrogen and oxygen atoms in total. The second-order valence-electron chi connectivity index (χ2n) is 4.24. The summed E-state index contributed by atoms with van der Waals surface area (Å²) in [5.41, 5.74) is 0.751. The minimum Gasteiger partial charge on any atom is -0.453 e.